The average Bonchev–Trinajstić information content (AvgIpc) is 1.71. The number of aromatic hydroxyl groups is 2. The second-order valence-electron chi connectivity index (χ2n) is 34.1. The molecule has 2 aromatic rings. The summed E-state index contributed by atoms with van der Waals surface area (Å²) < 4.78 is -1.65. The number of benzene rings is 2. The minimum atomic E-state index is -2.01. The van der Waals surface area contributed by atoms with Crippen molar-refractivity contribution in [2.45, 2.75) is 271 Å². The number of carboxylic acids is 1. The third-order valence-corrected chi connectivity index (χ3v) is 22.6. The first-order valence-electron chi connectivity index (χ1n) is 44.6. The zero-order valence-electron chi connectivity index (χ0n) is 77.6. The summed E-state index contributed by atoms with van der Waals surface area (Å²) >= 11 is 8.86. The second-order valence-corrected chi connectivity index (χ2v) is 35.6. The number of carbonyl (C=O) groups excluding carboxylic acids is 16. The maximum atomic E-state index is 14.8. The Morgan fingerprint density at radius 2 is 0.801 bits per heavy atom. The number of nitrogens with zero attached hydrogens (tertiary/aromatic N) is 1. The number of nitrogens with one attached hydrogen (secondary N) is 18. The Bertz CT molecular complexity index is 4370. The maximum absolute atomic E-state index is 14.8. The van der Waals surface area contributed by atoms with E-state index in [1.807, 2.05) is 0 Å². The van der Waals surface area contributed by atoms with Gasteiger partial charge in [0.2, 0.25) is 94.5 Å². The molecule has 16 amide bonds. The molecule has 762 valence electrons. The van der Waals surface area contributed by atoms with Crippen LogP contribution in [0.4, 0.5) is 0 Å². The van der Waals surface area contributed by atoms with Crippen molar-refractivity contribution in [1.82, 2.24) is 90.0 Å². The minimum absolute atomic E-state index is 0.0403. The van der Waals surface area contributed by atoms with E-state index in [1.165, 1.54) is 62.4 Å². The van der Waals surface area contributed by atoms with Gasteiger partial charge in [-0.3, -0.25) is 87.5 Å². The molecule has 0 spiro atoms. The number of aliphatic hydroxyl groups is 3. The van der Waals surface area contributed by atoms with Crippen molar-refractivity contribution in [3.05, 3.63) is 59.7 Å². The van der Waals surface area contributed by atoms with Crippen molar-refractivity contribution in [3.63, 3.8) is 0 Å². The number of β-amino-alcohol motifs (C(OH)–C–C–N with tert-alkyl or cyclic N) is 1. The topological polar surface area (TPSA) is 863 Å². The van der Waals surface area contributed by atoms with Gasteiger partial charge in [-0.05, 0) is 165 Å². The molecular weight excluding hydrogens is 1820 g/mol. The molecule has 52 heteroatoms. The van der Waals surface area contributed by atoms with E-state index < -0.39 is 263 Å². The van der Waals surface area contributed by atoms with Gasteiger partial charge >= 0.3 is 5.97 Å². The number of rotatable bonds is 61. The monoisotopic (exact) mass is 1960 g/mol. The van der Waals surface area contributed by atoms with Crippen LogP contribution in [0.1, 0.15) is 150 Å². The molecule has 3 rings (SSSR count). The predicted octanol–water partition coefficient (Wildman–Crippen LogP) is -10.3. The number of hydrogen-bond donors (Lipinski definition) is 34. The van der Waals surface area contributed by atoms with Crippen LogP contribution in [0.2, 0.25) is 0 Å². The van der Waals surface area contributed by atoms with Gasteiger partial charge in [0, 0.05) is 49.4 Å². The third kappa shape index (κ3) is 40.5. The van der Waals surface area contributed by atoms with Crippen LogP contribution in [0.3, 0.4) is 0 Å². The fourth-order valence-corrected chi connectivity index (χ4v) is 14.4. The summed E-state index contributed by atoms with van der Waals surface area (Å²) in [5.74, 6) is -21.2. The number of unbranched alkanes of at least 4 members (excludes halogenated alkanes) is 1. The Morgan fingerprint density at radius 1 is 0.456 bits per heavy atom. The second kappa shape index (κ2) is 59.1. The standard InChI is InChI=1S/C84H141N27O23S2/c1-9-41(4)62(107-75(127)59-36-48(116)38-111(59)80(132)61(90)40(2)3)76(128)109-64(43(6)113)78(130)103-55(34-44-17-21-46(114)22-18-44)73(125)110-65(84(7,8)136)79(131)104-56(37-60(89)117)72(124)99-50(15-12-32-95-82(91)92)66(118)100-54(27-31-88)71(123)108-63(42(5)112)77(129)102-53(26-30-87)70(122)97-49(14-10-11-28-85)68(120)106-58(39-135)74(126)101-52(25-29-86)69(121)98-51(16-13-33-96-83(93)94)67(119)105-57(81(133)134)35-45-19-23-47(115)24-20-45/h17-24,40-43,48-59,61-65,112-116,135-136H,9-16,25-39,85-88,90H2,1-8H3,(H2,89,117)(H,97,122)(H,98,121)(H,99,124)(H,100,118)(H,101,126)(H,102,129)(H,103,130)(H,104,131)(H,105,119)(H,106,120)(H,107,127)(H,108,123)(H,109,128)(H,110,125)(H,133,134)(H4,91,92,95)(H4,93,94,96)/t41-,42+,43+,48+,49-,50-,51-,52-,53+,54-,55-,56-,57-,58-,59-,61-,62-,63-,64-,65+/m0/s1. The van der Waals surface area contributed by atoms with E-state index in [2.05, 4.69) is 110 Å². The quantitative estimate of drug-likeness (QED) is 0.0127. The van der Waals surface area contributed by atoms with E-state index in [0.29, 0.717) is 12.0 Å². The number of carbonyl (C=O) groups is 17. The van der Waals surface area contributed by atoms with Crippen molar-refractivity contribution >= 4 is 138 Å². The first-order valence-corrected chi connectivity index (χ1v) is 45.7. The highest BCUT2D eigenvalue weighted by molar-refractivity contribution is 7.81. The van der Waals surface area contributed by atoms with Crippen LogP contribution in [0, 0.1) is 22.7 Å². The number of likely N-dealkylation sites (tertiary alicyclic amines) is 1. The Morgan fingerprint density at radius 3 is 1.18 bits per heavy atom. The molecule has 1 fully saturated rings. The summed E-state index contributed by atoms with van der Waals surface area (Å²) in [4.78, 5) is 241. The number of primary amides is 1. The summed E-state index contributed by atoms with van der Waals surface area (Å²) in [6, 6.07) is -15.1. The number of carboxylic acid groups (broad SMARTS) is 1. The van der Waals surface area contributed by atoms with Gasteiger partial charge in [-0.25, -0.2) is 4.79 Å². The molecule has 1 saturated heterocycles. The fraction of sp³-hybridized carbons (Fsp3) is 0.631. The molecule has 0 aliphatic carbocycles. The molecule has 20 atom stereocenters. The third-order valence-electron chi connectivity index (χ3n) is 22.0. The van der Waals surface area contributed by atoms with Crippen molar-refractivity contribution in [1.29, 1.82) is 10.8 Å². The lowest BCUT2D eigenvalue weighted by molar-refractivity contribution is -0.142. The largest absolute Gasteiger partial charge is 0.508 e. The van der Waals surface area contributed by atoms with E-state index in [4.69, 9.17) is 56.7 Å². The van der Waals surface area contributed by atoms with Gasteiger partial charge in [0.1, 0.15) is 102 Å². The average molecular weight is 1960 g/mol. The lowest BCUT2D eigenvalue weighted by Gasteiger charge is -2.33. The molecule has 0 bridgehead atoms. The molecule has 1 heterocycles. The molecule has 136 heavy (non-hydrogen) atoms. The van der Waals surface area contributed by atoms with Crippen LogP contribution in [0.25, 0.3) is 0 Å². The van der Waals surface area contributed by atoms with E-state index in [0.717, 1.165) is 18.7 Å². The highest BCUT2D eigenvalue weighted by atomic mass is 32.1. The van der Waals surface area contributed by atoms with Gasteiger partial charge in [-0.2, -0.15) is 25.3 Å². The summed E-state index contributed by atoms with van der Waals surface area (Å²) in [5, 5.41) is 118. The lowest BCUT2D eigenvalue weighted by Crippen LogP contribution is -2.64. The Labute approximate surface area is 798 Å². The maximum Gasteiger partial charge on any atom is 0.326 e. The summed E-state index contributed by atoms with van der Waals surface area (Å²) in [6.45, 7) is 10.5. The number of hydrogen-bond acceptors (Lipinski definition) is 31. The van der Waals surface area contributed by atoms with Gasteiger partial charge in [-0.15, -0.1) is 0 Å². The van der Waals surface area contributed by atoms with Crippen LogP contribution in [-0.4, -0.2) is 319 Å². The van der Waals surface area contributed by atoms with Gasteiger partial charge < -0.3 is 166 Å². The molecule has 0 radical (unpaired) electrons. The highest BCUT2D eigenvalue weighted by Gasteiger charge is 2.46. The Hall–Kier alpha value is -12.0. The van der Waals surface area contributed by atoms with Crippen LogP contribution in [-0.2, 0) is 94.3 Å². The SMILES string of the molecule is CC[C@H](C)[C@H](NC(=O)[C@@H]1C[C@@H](O)CN1C(=O)[C@@H](N)C(C)C)C(=O)N[C@H](C(=O)N[C@@H](Cc1ccc(O)cc1)C(=O)N[C@H](C(=O)N[C@@H](CC(N)=O)C(=O)N[C@@H](CCCNC(=N)N)C(=O)N[C@@H](CCN)C(=O)N[C@H](C(=O)N[C@H](CCN)C(=O)N[C@@H](CCCCN)C(=O)N[C@@H](CS)C(=O)N[C@@H](CCN)C(=O)N[C@@H](CCCNC(=N)N)C(=O)N[C@@H](Cc1ccc(O)cc1)C(=O)O)[C@@H](C)O)C(C)(C)S)[C@@H](C)O. The molecular formula is C84H141N27O23S2. The molecule has 0 unspecified atom stereocenters. The van der Waals surface area contributed by atoms with Gasteiger partial charge in [0.15, 0.2) is 11.9 Å². The molecule has 0 aromatic heterocycles. The van der Waals surface area contributed by atoms with Crippen LogP contribution in [0.5, 0.6) is 11.5 Å². The molecule has 0 saturated carbocycles. The van der Waals surface area contributed by atoms with E-state index in [9.17, 15) is 112 Å². The summed E-state index contributed by atoms with van der Waals surface area (Å²) in [5.41, 5.74) is 47.0. The van der Waals surface area contributed by atoms with Crippen LogP contribution < -0.4 is 131 Å². The van der Waals surface area contributed by atoms with Gasteiger partial charge in [-0.1, -0.05) is 58.4 Å². The number of amides is 16. The molecule has 1 aliphatic rings. The molecule has 40 N–H and O–H groups in total. The normalized spacial score (nSPS) is 17.0. The minimum Gasteiger partial charge on any atom is -0.508 e. The number of phenolic OH excluding ortho intramolecular Hbond substituents is 2. The zero-order valence-corrected chi connectivity index (χ0v) is 79.4. The summed E-state index contributed by atoms with van der Waals surface area (Å²) in [6.07, 6.45) is -7.47. The first-order chi connectivity index (χ1) is 63.9. The molecule has 50 nitrogen and oxygen atoms in total. The first kappa shape index (κ1) is 118. The van der Waals surface area contributed by atoms with Gasteiger partial charge in [0.05, 0.1) is 30.8 Å². The smallest absolute Gasteiger partial charge is 0.326 e. The Kier molecular flexibility index (Phi) is 51.3. The van der Waals surface area contributed by atoms with E-state index >= 15 is 0 Å². The van der Waals surface area contributed by atoms with Gasteiger partial charge in [0.25, 0.3) is 0 Å². The highest BCUT2D eigenvalue weighted by Crippen LogP contribution is 2.24. The summed E-state index contributed by atoms with van der Waals surface area (Å²) in [7, 11) is 0. The van der Waals surface area contributed by atoms with Crippen molar-refractivity contribution in [3.8, 4) is 11.5 Å². The van der Waals surface area contributed by atoms with E-state index in [1.54, 1.807) is 27.7 Å². The number of nitrogens with two attached hydrogens (primary N) is 8. The number of thiol groups is 2. The van der Waals surface area contributed by atoms with Crippen molar-refractivity contribution in [2.75, 3.05) is 51.6 Å². The Balaban J connectivity index is 1.93. The van der Waals surface area contributed by atoms with Crippen molar-refractivity contribution in [2.24, 2.45) is 57.7 Å². The van der Waals surface area contributed by atoms with E-state index in [-0.39, 0.29) is 139 Å². The number of guanidine groups is 2. The molecule has 2 aromatic carbocycles. The number of aliphatic hydroxyl groups excluding tert-OH is 3. The van der Waals surface area contributed by atoms with Crippen molar-refractivity contribution < 1.29 is 112 Å². The number of phenols is 2. The predicted molar refractivity (Wildman–Crippen MR) is 503 cm³/mol. The lowest BCUT2D eigenvalue weighted by atomic mass is 9.96. The van der Waals surface area contributed by atoms with Crippen LogP contribution in [0.15, 0.2) is 48.5 Å². The number of aliphatic carboxylic acids is 1. The van der Waals surface area contributed by atoms with Crippen LogP contribution >= 0.6 is 25.3 Å². The zero-order chi connectivity index (χ0) is 103. The molecule has 1 aliphatic heterocycles. The fourth-order valence-electron chi connectivity index (χ4n) is 13.9.